The Morgan fingerprint density at radius 1 is 1.05 bits per heavy atom. The average molecular weight is 303 g/mol. The van der Waals surface area contributed by atoms with Gasteiger partial charge >= 0.3 is 6.03 Å². The van der Waals surface area contributed by atoms with Crippen LogP contribution in [0.15, 0.2) is 0 Å². The van der Waals surface area contributed by atoms with Crippen LogP contribution < -0.4 is 5.32 Å². The molecule has 0 aromatic heterocycles. The van der Waals surface area contributed by atoms with E-state index in [0.717, 1.165) is 12.8 Å². The van der Waals surface area contributed by atoms with Crippen molar-refractivity contribution in [2.45, 2.75) is 61.1 Å². The van der Waals surface area contributed by atoms with Gasteiger partial charge in [0, 0.05) is 29.6 Å². The van der Waals surface area contributed by atoms with Gasteiger partial charge in [0.15, 0.2) is 0 Å². The molecule has 2 amide bonds. The molecule has 5 heteroatoms. The molecule has 110 valence electrons. The molecule has 3 nitrogen and oxygen atoms in total. The van der Waals surface area contributed by atoms with Crippen LogP contribution in [0.25, 0.3) is 0 Å². The first-order valence-electron chi connectivity index (χ1n) is 7.26. The summed E-state index contributed by atoms with van der Waals surface area (Å²) in [4.78, 5) is 14.4. The van der Waals surface area contributed by atoms with Crippen molar-refractivity contribution in [3.63, 3.8) is 0 Å². The van der Waals surface area contributed by atoms with E-state index >= 15 is 0 Å². The van der Waals surface area contributed by atoms with E-state index in [-0.39, 0.29) is 6.03 Å². The molecule has 19 heavy (non-hydrogen) atoms. The van der Waals surface area contributed by atoms with E-state index in [1.54, 1.807) is 0 Å². The van der Waals surface area contributed by atoms with E-state index in [1.807, 2.05) is 35.5 Å². The van der Waals surface area contributed by atoms with Gasteiger partial charge in [0.1, 0.15) is 0 Å². The van der Waals surface area contributed by atoms with Gasteiger partial charge in [0.2, 0.25) is 0 Å². The first-order chi connectivity index (χ1) is 9.17. The number of urea groups is 1. The fourth-order valence-electron chi connectivity index (χ4n) is 3.41. The summed E-state index contributed by atoms with van der Waals surface area (Å²) in [5, 5.41) is 4.49. The van der Waals surface area contributed by atoms with Gasteiger partial charge in [-0.15, -0.1) is 0 Å². The van der Waals surface area contributed by atoms with Crippen molar-refractivity contribution in [2.75, 3.05) is 19.6 Å². The van der Waals surface area contributed by atoms with Gasteiger partial charge in [0.05, 0.1) is 0 Å². The Hall–Kier alpha value is -0.0300. The van der Waals surface area contributed by atoms with Crippen LogP contribution in [-0.4, -0.2) is 53.1 Å². The molecule has 2 fully saturated rings. The smallest absolute Gasteiger partial charge is 0.317 e. The first kappa shape index (κ1) is 15.4. The second-order valence-electron chi connectivity index (χ2n) is 5.64. The van der Waals surface area contributed by atoms with Crippen LogP contribution >= 0.6 is 23.5 Å². The van der Waals surface area contributed by atoms with Gasteiger partial charge in [-0.2, -0.15) is 23.5 Å². The number of nitrogens with zero attached hydrogens (tertiary/aromatic N) is 1. The standard InChI is InChI=1S/C14H26N2OS2/c1-16(11-7-5-9-13(11)19-3)14(17)15-10-6-4-8-12(10)18-2/h10-13H,4-9H2,1-3H3,(H,15,17)/t10-,11-,12+,13+/m0/s1. The normalized spacial score (nSPS) is 34.5. The zero-order chi connectivity index (χ0) is 13.8. The topological polar surface area (TPSA) is 32.3 Å². The van der Waals surface area contributed by atoms with Crippen LogP contribution in [-0.2, 0) is 0 Å². The maximum Gasteiger partial charge on any atom is 0.317 e. The highest BCUT2D eigenvalue weighted by atomic mass is 32.2. The number of amides is 2. The molecule has 0 aromatic carbocycles. The number of hydrogen-bond acceptors (Lipinski definition) is 3. The third kappa shape index (κ3) is 3.54. The zero-order valence-corrected chi connectivity index (χ0v) is 13.9. The van der Waals surface area contributed by atoms with E-state index in [2.05, 4.69) is 17.8 Å². The molecule has 0 spiro atoms. The minimum Gasteiger partial charge on any atom is -0.334 e. The molecule has 0 saturated heterocycles. The Morgan fingerprint density at radius 2 is 1.68 bits per heavy atom. The summed E-state index contributed by atoms with van der Waals surface area (Å²) in [6.07, 6.45) is 11.6. The largest absolute Gasteiger partial charge is 0.334 e. The molecule has 2 aliphatic carbocycles. The van der Waals surface area contributed by atoms with Crippen molar-refractivity contribution in [3.8, 4) is 0 Å². The van der Waals surface area contributed by atoms with Crippen LogP contribution in [0, 0.1) is 0 Å². The van der Waals surface area contributed by atoms with Gasteiger partial charge in [0.25, 0.3) is 0 Å². The fraction of sp³-hybridized carbons (Fsp3) is 0.929. The predicted octanol–water partition coefficient (Wildman–Crippen LogP) is 3.20. The molecule has 0 heterocycles. The molecule has 2 rings (SSSR count). The minimum atomic E-state index is 0.136. The summed E-state index contributed by atoms with van der Waals surface area (Å²) < 4.78 is 0. The quantitative estimate of drug-likeness (QED) is 0.865. The van der Waals surface area contributed by atoms with Gasteiger partial charge in [-0.25, -0.2) is 4.79 Å². The van der Waals surface area contributed by atoms with Crippen LogP contribution in [0.5, 0.6) is 0 Å². The lowest BCUT2D eigenvalue weighted by Crippen LogP contribution is -2.50. The summed E-state index contributed by atoms with van der Waals surface area (Å²) in [5.74, 6) is 0. The highest BCUT2D eigenvalue weighted by Crippen LogP contribution is 2.32. The average Bonchev–Trinajstić information content (AvgIpc) is 3.05. The van der Waals surface area contributed by atoms with E-state index in [9.17, 15) is 4.79 Å². The van der Waals surface area contributed by atoms with Gasteiger partial charge in [-0.3, -0.25) is 0 Å². The number of thioether (sulfide) groups is 2. The van der Waals surface area contributed by atoms with Crippen LogP contribution in [0.2, 0.25) is 0 Å². The van der Waals surface area contributed by atoms with Gasteiger partial charge in [-0.1, -0.05) is 12.8 Å². The molecule has 0 unspecified atom stereocenters. The number of carbonyl (C=O) groups is 1. The maximum atomic E-state index is 12.4. The molecule has 2 aliphatic rings. The molecule has 0 aliphatic heterocycles. The molecule has 0 aromatic rings. The van der Waals surface area contributed by atoms with Crippen LogP contribution in [0.4, 0.5) is 4.79 Å². The fourth-order valence-corrected chi connectivity index (χ4v) is 5.38. The first-order valence-corrected chi connectivity index (χ1v) is 9.84. The third-order valence-electron chi connectivity index (χ3n) is 4.60. The molecule has 0 bridgehead atoms. The van der Waals surface area contributed by atoms with E-state index in [4.69, 9.17) is 0 Å². The highest BCUT2D eigenvalue weighted by molar-refractivity contribution is 7.99. The summed E-state index contributed by atoms with van der Waals surface area (Å²) in [7, 11) is 1.97. The summed E-state index contributed by atoms with van der Waals surface area (Å²) >= 11 is 3.80. The lowest BCUT2D eigenvalue weighted by Gasteiger charge is -2.31. The van der Waals surface area contributed by atoms with Crippen molar-refractivity contribution >= 4 is 29.6 Å². The number of nitrogens with one attached hydrogen (secondary N) is 1. The number of hydrogen-bond donors (Lipinski definition) is 1. The van der Waals surface area contributed by atoms with Crippen molar-refractivity contribution < 1.29 is 4.79 Å². The second-order valence-corrected chi connectivity index (χ2v) is 7.80. The summed E-state index contributed by atoms with van der Waals surface area (Å²) in [6, 6.07) is 0.931. The van der Waals surface area contributed by atoms with Crippen molar-refractivity contribution in [3.05, 3.63) is 0 Å². The predicted molar refractivity (Wildman–Crippen MR) is 86.2 cm³/mol. The van der Waals surface area contributed by atoms with E-state index in [0.29, 0.717) is 22.6 Å². The highest BCUT2D eigenvalue weighted by Gasteiger charge is 2.34. The Morgan fingerprint density at radius 3 is 2.37 bits per heavy atom. The Kier molecular flexibility index (Phi) is 5.75. The summed E-state index contributed by atoms with van der Waals surface area (Å²) in [6.45, 7) is 0. The lowest BCUT2D eigenvalue weighted by atomic mass is 10.2. The molecular formula is C14H26N2OS2. The van der Waals surface area contributed by atoms with Crippen molar-refractivity contribution in [1.29, 1.82) is 0 Å². The van der Waals surface area contributed by atoms with Crippen LogP contribution in [0.1, 0.15) is 38.5 Å². The van der Waals surface area contributed by atoms with Crippen LogP contribution in [0.3, 0.4) is 0 Å². The molecule has 4 atom stereocenters. The Balaban J connectivity index is 1.88. The second kappa shape index (κ2) is 7.11. The van der Waals surface area contributed by atoms with Crippen molar-refractivity contribution in [1.82, 2.24) is 10.2 Å². The van der Waals surface area contributed by atoms with Gasteiger partial charge in [-0.05, 0) is 38.2 Å². The SMILES string of the molecule is CS[C@@H]1CCC[C@@H]1NC(=O)N(C)[C@H]1CCC[C@H]1SC. The molecular weight excluding hydrogens is 276 g/mol. The molecule has 2 saturated carbocycles. The van der Waals surface area contributed by atoms with E-state index < -0.39 is 0 Å². The Labute approximate surface area is 125 Å². The summed E-state index contributed by atoms with van der Waals surface area (Å²) in [5.41, 5.74) is 0. The minimum absolute atomic E-state index is 0.136. The van der Waals surface area contributed by atoms with Gasteiger partial charge < -0.3 is 10.2 Å². The lowest BCUT2D eigenvalue weighted by molar-refractivity contribution is 0.188. The third-order valence-corrected chi connectivity index (χ3v) is 6.93. The van der Waals surface area contributed by atoms with E-state index in [1.165, 1.54) is 25.7 Å². The molecule has 0 radical (unpaired) electrons. The number of carbonyl (C=O) groups excluding carboxylic acids is 1. The zero-order valence-electron chi connectivity index (χ0n) is 12.2. The van der Waals surface area contributed by atoms with Crippen molar-refractivity contribution in [2.24, 2.45) is 0 Å². The monoisotopic (exact) mass is 302 g/mol. The number of rotatable bonds is 4. The maximum absolute atomic E-state index is 12.4. The molecule has 1 N–H and O–H groups in total. The Bertz CT molecular complexity index is 314.